The molecule has 0 bridgehead atoms. The summed E-state index contributed by atoms with van der Waals surface area (Å²) in [6.07, 6.45) is -1.05. The van der Waals surface area contributed by atoms with E-state index in [1.165, 1.54) is 19.2 Å². The van der Waals surface area contributed by atoms with Gasteiger partial charge in [-0.1, -0.05) is 24.3 Å². The van der Waals surface area contributed by atoms with Gasteiger partial charge in [0.1, 0.15) is 17.4 Å². The summed E-state index contributed by atoms with van der Waals surface area (Å²) in [5, 5.41) is 10.1. The number of nitrogens with two attached hydrogens (primary N) is 1. The lowest BCUT2D eigenvalue weighted by Gasteiger charge is -2.18. The topological polar surface area (TPSA) is 97.4 Å². The van der Waals surface area contributed by atoms with Gasteiger partial charge in [0.25, 0.3) is 5.91 Å². The van der Waals surface area contributed by atoms with Gasteiger partial charge in [0.15, 0.2) is 6.10 Å². The van der Waals surface area contributed by atoms with Crippen LogP contribution in [0, 0.1) is 11.2 Å². The summed E-state index contributed by atoms with van der Waals surface area (Å²) in [4.78, 5) is 12.5. The molecular weight excluding hydrogens is 373 g/mol. The number of methoxy groups -OCH3 is 1. The highest BCUT2D eigenvalue weighted by molar-refractivity contribution is 5.94. The fourth-order valence-corrected chi connectivity index (χ4v) is 2.40. The van der Waals surface area contributed by atoms with E-state index in [4.69, 9.17) is 20.6 Å². The van der Waals surface area contributed by atoms with Crippen molar-refractivity contribution in [1.29, 1.82) is 5.41 Å². The quantitative estimate of drug-likeness (QED) is 0.473. The van der Waals surface area contributed by atoms with E-state index >= 15 is 0 Å². The first-order valence-corrected chi connectivity index (χ1v) is 8.12. The zero-order valence-electron chi connectivity index (χ0n) is 15.1. The van der Waals surface area contributed by atoms with Gasteiger partial charge in [0.2, 0.25) is 0 Å². The van der Waals surface area contributed by atoms with Crippen LogP contribution in [0.2, 0.25) is 0 Å². The van der Waals surface area contributed by atoms with E-state index in [0.717, 1.165) is 5.56 Å². The lowest BCUT2D eigenvalue weighted by molar-refractivity contribution is -0.133. The number of nitrogens with one attached hydrogen (secondary N) is 2. The summed E-state index contributed by atoms with van der Waals surface area (Å²) in [5.41, 5.74) is 6.99. The Bertz CT molecular complexity index is 784. The van der Waals surface area contributed by atoms with Crippen LogP contribution in [0.25, 0.3) is 0 Å². The van der Waals surface area contributed by atoms with Crippen molar-refractivity contribution in [3.05, 3.63) is 65.0 Å². The Morgan fingerprint density at radius 3 is 2.44 bits per heavy atom. The molecule has 2 rings (SSSR count). The molecule has 1 atom stereocenters. The normalized spacial score (nSPS) is 11.2. The molecule has 4 N–H and O–H groups in total. The predicted molar refractivity (Wildman–Crippen MR) is 104 cm³/mol. The second kappa shape index (κ2) is 10.5. The van der Waals surface area contributed by atoms with Crippen molar-refractivity contribution in [1.82, 2.24) is 5.32 Å². The van der Waals surface area contributed by atoms with Crippen molar-refractivity contribution < 1.29 is 18.7 Å². The molecule has 6 nitrogen and oxygen atoms in total. The summed E-state index contributed by atoms with van der Waals surface area (Å²) >= 11 is 0. The Hall–Kier alpha value is -2.64. The number of amidine groups is 1. The smallest absolute Gasteiger partial charge is 0.254 e. The van der Waals surface area contributed by atoms with E-state index in [0.29, 0.717) is 11.3 Å². The number of hydrogen-bond acceptors (Lipinski definition) is 4. The number of halogens is 2. The molecule has 0 aromatic heterocycles. The summed E-state index contributed by atoms with van der Waals surface area (Å²) in [5.74, 6) is -0.658. The SMILES string of the molecule is CCO[C@H](C(=O)NCc1ccc(C(=N)N)cc1)c1ccc(OC)cc1F.Cl. The van der Waals surface area contributed by atoms with Crippen molar-refractivity contribution in [2.75, 3.05) is 13.7 Å². The van der Waals surface area contributed by atoms with Crippen LogP contribution in [0.3, 0.4) is 0 Å². The third kappa shape index (κ3) is 5.94. The molecule has 0 aliphatic rings. The molecule has 0 fully saturated rings. The number of nitrogen functional groups attached to an aromatic ring is 1. The fourth-order valence-electron chi connectivity index (χ4n) is 2.40. The number of carbonyl (C=O) groups is 1. The first-order chi connectivity index (χ1) is 12.5. The minimum atomic E-state index is -1.05. The van der Waals surface area contributed by atoms with Gasteiger partial charge in [-0.15, -0.1) is 12.4 Å². The highest BCUT2D eigenvalue weighted by atomic mass is 35.5. The van der Waals surface area contributed by atoms with Crippen molar-refractivity contribution in [2.24, 2.45) is 5.73 Å². The Labute approximate surface area is 163 Å². The van der Waals surface area contributed by atoms with Gasteiger partial charge < -0.3 is 20.5 Å². The van der Waals surface area contributed by atoms with Gasteiger partial charge in [-0.25, -0.2) is 4.39 Å². The maximum absolute atomic E-state index is 14.3. The Balaban J connectivity index is 0.00000364. The van der Waals surface area contributed by atoms with Gasteiger partial charge in [-0.05, 0) is 24.6 Å². The van der Waals surface area contributed by atoms with Crippen molar-refractivity contribution >= 4 is 24.1 Å². The van der Waals surface area contributed by atoms with Crippen molar-refractivity contribution in [2.45, 2.75) is 19.6 Å². The molecule has 0 saturated heterocycles. The van der Waals surface area contributed by atoms with Crippen LogP contribution in [-0.4, -0.2) is 25.5 Å². The lowest BCUT2D eigenvalue weighted by Crippen LogP contribution is -2.31. The number of ether oxygens (including phenoxy) is 2. The van der Waals surface area contributed by atoms with Crippen molar-refractivity contribution in [3.63, 3.8) is 0 Å². The van der Waals surface area contributed by atoms with E-state index in [-0.39, 0.29) is 37.0 Å². The van der Waals surface area contributed by atoms with E-state index in [2.05, 4.69) is 5.32 Å². The number of carbonyl (C=O) groups excluding carboxylic acids is 1. The fraction of sp³-hybridized carbons (Fsp3) is 0.263. The number of rotatable bonds is 8. The molecule has 27 heavy (non-hydrogen) atoms. The second-order valence-corrected chi connectivity index (χ2v) is 5.55. The van der Waals surface area contributed by atoms with Gasteiger partial charge in [-0.3, -0.25) is 10.2 Å². The average Bonchev–Trinajstić information content (AvgIpc) is 2.64. The van der Waals surface area contributed by atoms with Crippen molar-refractivity contribution in [3.8, 4) is 5.75 Å². The van der Waals surface area contributed by atoms with Crippen LogP contribution in [0.15, 0.2) is 42.5 Å². The Kier molecular flexibility index (Phi) is 8.71. The molecular formula is C19H23ClFN3O3. The lowest BCUT2D eigenvalue weighted by atomic mass is 10.1. The van der Waals surface area contributed by atoms with Crippen LogP contribution >= 0.6 is 12.4 Å². The molecule has 0 saturated carbocycles. The molecule has 0 spiro atoms. The summed E-state index contributed by atoms with van der Waals surface area (Å²) < 4.78 is 24.7. The van der Waals surface area contributed by atoms with E-state index in [1.54, 1.807) is 37.3 Å². The molecule has 146 valence electrons. The summed E-state index contributed by atoms with van der Waals surface area (Å²) in [6.45, 7) is 2.25. The predicted octanol–water partition coefficient (Wildman–Crippen LogP) is 2.93. The molecule has 1 amide bonds. The zero-order valence-corrected chi connectivity index (χ0v) is 15.9. The largest absolute Gasteiger partial charge is 0.497 e. The third-order valence-corrected chi connectivity index (χ3v) is 3.79. The number of amides is 1. The summed E-state index contributed by atoms with van der Waals surface area (Å²) in [6, 6.07) is 11.2. The minimum absolute atomic E-state index is 0. The van der Waals surface area contributed by atoms with E-state index in [9.17, 15) is 9.18 Å². The molecule has 0 aliphatic carbocycles. The number of benzene rings is 2. The van der Waals surface area contributed by atoms with E-state index < -0.39 is 17.8 Å². The summed E-state index contributed by atoms with van der Waals surface area (Å²) in [7, 11) is 1.44. The molecule has 0 heterocycles. The number of hydrogen-bond donors (Lipinski definition) is 3. The molecule has 8 heteroatoms. The van der Waals surface area contributed by atoms with Crippen LogP contribution in [0.4, 0.5) is 4.39 Å². The molecule has 2 aromatic carbocycles. The maximum atomic E-state index is 14.3. The monoisotopic (exact) mass is 395 g/mol. The van der Waals surface area contributed by atoms with Gasteiger partial charge in [0.05, 0.1) is 7.11 Å². The van der Waals surface area contributed by atoms with E-state index in [1.807, 2.05) is 0 Å². The van der Waals surface area contributed by atoms with Crippen LogP contribution in [0.1, 0.15) is 29.7 Å². The highest BCUT2D eigenvalue weighted by Gasteiger charge is 2.24. The minimum Gasteiger partial charge on any atom is -0.497 e. The average molecular weight is 396 g/mol. The molecule has 0 radical (unpaired) electrons. The molecule has 0 aliphatic heterocycles. The second-order valence-electron chi connectivity index (χ2n) is 5.55. The van der Waals surface area contributed by atoms with Gasteiger partial charge >= 0.3 is 0 Å². The maximum Gasteiger partial charge on any atom is 0.254 e. The highest BCUT2D eigenvalue weighted by Crippen LogP contribution is 2.25. The molecule has 2 aromatic rings. The first kappa shape index (κ1) is 22.4. The van der Waals surface area contributed by atoms with Gasteiger partial charge in [0, 0.05) is 30.3 Å². The van der Waals surface area contributed by atoms with Crippen LogP contribution in [-0.2, 0) is 16.1 Å². The van der Waals surface area contributed by atoms with Crippen LogP contribution in [0.5, 0.6) is 5.75 Å². The Morgan fingerprint density at radius 2 is 1.93 bits per heavy atom. The standard InChI is InChI=1S/C19H22FN3O3.ClH/c1-3-26-17(15-9-8-14(25-2)10-16(15)20)19(24)23-11-12-4-6-13(7-5-12)18(21)22;/h4-10,17H,3,11H2,1-2H3,(H3,21,22)(H,23,24);1H/t17-;/m0./s1. The molecule has 0 unspecified atom stereocenters. The van der Waals surface area contributed by atoms with Crippen LogP contribution < -0.4 is 15.8 Å². The Morgan fingerprint density at radius 1 is 1.26 bits per heavy atom. The van der Waals surface area contributed by atoms with Gasteiger partial charge in [-0.2, -0.15) is 0 Å². The first-order valence-electron chi connectivity index (χ1n) is 8.12. The third-order valence-electron chi connectivity index (χ3n) is 3.79. The zero-order chi connectivity index (χ0) is 19.1.